The van der Waals surface area contributed by atoms with Gasteiger partial charge in [0.15, 0.2) is 0 Å². The number of amides is 2. The molecule has 7 nitrogen and oxygen atoms in total. The average Bonchev–Trinajstić information content (AvgIpc) is 2.78. The number of benzene rings is 2. The van der Waals surface area contributed by atoms with Gasteiger partial charge in [-0.05, 0) is 67.8 Å². The Balaban J connectivity index is 1.45. The van der Waals surface area contributed by atoms with Crippen LogP contribution < -0.4 is 10.1 Å². The van der Waals surface area contributed by atoms with Gasteiger partial charge in [-0.1, -0.05) is 28.1 Å². The van der Waals surface area contributed by atoms with Gasteiger partial charge in [0.1, 0.15) is 5.75 Å². The molecule has 1 heterocycles. The molecule has 0 radical (unpaired) electrons. The third-order valence-corrected chi connectivity index (χ3v) is 5.48. The lowest BCUT2D eigenvalue weighted by Crippen LogP contribution is -2.46. The maximum Gasteiger partial charge on any atom is 0.513 e. The van der Waals surface area contributed by atoms with Gasteiger partial charge in [0, 0.05) is 35.2 Å². The number of carbonyl (C=O) groups is 3. The average molecular weight is 501 g/mol. The quantitative estimate of drug-likeness (QED) is 0.360. The van der Waals surface area contributed by atoms with Crippen molar-refractivity contribution in [1.82, 2.24) is 10.2 Å². The predicted molar refractivity (Wildman–Crippen MR) is 124 cm³/mol. The second kappa shape index (κ2) is 11.5. The number of ether oxygens (including phenoxy) is 2. The van der Waals surface area contributed by atoms with E-state index in [2.05, 4.69) is 21.2 Å². The molecule has 0 bridgehead atoms. The van der Waals surface area contributed by atoms with E-state index in [0.29, 0.717) is 37.2 Å². The molecule has 2 aromatic rings. The van der Waals surface area contributed by atoms with Gasteiger partial charge in [-0.3, -0.25) is 9.59 Å². The summed E-state index contributed by atoms with van der Waals surface area (Å²) in [5, 5.41) is 3.01. The minimum Gasteiger partial charge on any atom is -0.434 e. The topological polar surface area (TPSA) is 84.9 Å². The molecule has 3 rings (SSSR count). The Morgan fingerprint density at radius 3 is 2.50 bits per heavy atom. The largest absolute Gasteiger partial charge is 0.513 e. The number of carbonyl (C=O) groups excluding carboxylic acids is 3. The zero-order valence-electron chi connectivity index (χ0n) is 17.8. The number of nitrogens with zero attached hydrogens (tertiary/aromatic N) is 1. The zero-order chi connectivity index (χ0) is 22.9. The Kier molecular flexibility index (Phi) is 8.44. The van der Waals surface area contributed by atoms with E-state index in [4.69, 9.17) is 9.47 Å². The molecule has 2 amide bonds. The van der Waals surface area contributed by atoms with Crippen LogP contribution in [0.25, 0.3) is 6.08 Å². The fraction of sp³-hybridized carbons (Fsp3) is 0.292. The molecule has 0 saturated carbocycles. The fourth-order valence-corrected chi connectivity index (χ4v) is 3.73. The molecule has 0 aromatic heterocycles. The van der Waals surface area contributed by atoms with Crippen LogP contribution in [0.5, 0.6) is 5.75 Å². The first kappa shape index (κ1) is 23.5. The van der Waals surface area contributed by atoms with Crippen LogP contribution in [-0.4, -0.2) is 48.6 Å². The standard InChI is InChI=1S/C24H25BrN2O5/c1-2-31-24(30)32-21-9-7-18(8-10-21)23(29)26-20-12-14-27(15-13-20)22(28)11-6-17-4-3-5-19(25)16-17/h3-11,16,20H,2,12-15H2,1H3,(H,26,29)/b11-6+. The molecule has 0 atom stereocenters. The van der Waals surface area contributed by atoms with E-state index in [1.54, 1.807) is 48.2 Å². The van der Waals surface area contributed by atoms with Crippen molar-refractivity contribution in [1.29, 1.82) is 0 Å². The first-order valence-electron chi connectivity index (χ1n) is 10.4. The zero-order valence-corrected chi connectivity index (χ0v) is 19.3. The maximum atomic E-state index is 12.5. The minimum absolute atomic E-state index is 0.00364. The van der Waals surface area contributed by atoms with Gasteiger partial charge in [-0.15, -0.1) is 0 Å². The Hall–Kier alpha value is -3.13. The van der Waals surface area contributed by atoms with Crippen LogP contribution in [0.15, 0.2) is 59.1 Å². The molecular weight excluding hydrogens is 476 g/mol. The number of piperidine rings is 1. The number of hydrogen-bond acceptors (Lipinski definition) is 5. The van der Waals surface area contributed by atoms with Crippen LogP contribution >= 0.6 is 15.9 Å². The van der Waals surface area contributed by atoms with Crippen molar-refractivity contribution < 1.29 is 23.9 Å². The number of rotatable bonds is 6. The van der Waals surface area contributed by atoms with Crippen LogP contribution in [-0.2, 0) is 9.53 Å². The highest BCUT2D eigenvalue weighted by molar-refractivity contribution is 9.10. The summed E-state index contributed by atoms with van der Waals surface area (Å²) in [7, 11) is 0. The Bertz CT molecular complexity index is 982. The number of hydrogen-bond donors (Lipinski definition) is 1. The Labute approximate surface area is 195 Å². The summed E-state index contributed by atoms with van der Waals surface area (Å²) in [4.78, 5) is 38.1. The van der Waals surface area contributed by atoms with Crippen molar-refractivity contribution in [3.05, 3.63) is 70.2 Å². The van der Waals surface area contributed by atoms with Gasteiger partial charge in [-0.2, -0.15) is 0 Å². The molecule has 1 saturated heterocycles. The summed E-state index contributed by atoms with van der Waals surface area (Å²) in [6, 6.07) is 14.0. The summed E-state index contributed by atoms with van der Waals surface area (Å²) in [6.45, 7) is 3.08. The molecule has 1 N–H and O–H groups in total. The molecular formula is C24H25BrN2O5. The highest BCUT2D eigenvalue weighted by Gasteiger charge is 2.23. The predicted octanol–water partition coefficient (Wildman–Crippen LogP) is 4.42. The SMILES string of the molecule is CCOC(=O)Oc1ccc(C(=O)NC2CCN(C(=O)/C=C/c3cccc(Br)c3)CC2)cc1. The fourth-order valence-electron chi connectivity index (χ4n) is 3.31. The summed E-state index contributed by atoms with van der Waals surface area (Å²) < 4.78 is 10.7. The molecule has 0 aliphatic carbocycles. The second-order valence-electron chi connectivity index (χ2n) is 7.27. The van der Waals surface area contributed by atoms with E-state index in [9.17, 15) is 14.4 Å². The summed E-state index contributed by atoms with van der Waals surface area (Å²) in [5.41, 5.74) is 1.42. The van der Waals surface area contributed by atoms with Gasteiger partial charge in [-0.25, -0.2) is 4.79 Å². The highest BCUT2D eigenvalue weighted by atomic mass is 79.9. The summed E-state index contributed by atoms with van der Waals surface area (Å²) in [5.74, 6) is 0.0710. The van der Waals surface area contributed by atoms with E-state index >= 15 is 0 Å². The van der Waals surface area contributed by atoms with E-state index in [-0.39, 0.29) is 24.5 Å². The number of halogens is 1. The van der Waals surface area contributed by atoms with Crippen molar-refractivity contribution in [2.75, 3.05) is 19.7 Å². The normalized spacial score (nSPS) is 14.2. The summed E-state index contributed by atoms with van der Waals surface area (Å²) in [6.07, 6.45) is 3.98. The monoisotopic (exact) mass is 500 g/mol. The molecule has 1 aliphatic heterocycles. The Morgan fingerprint density at radius 1 is 1.12 bits per heavy atom. The van der Waals surface area contributed by atoms with Gasteiger partial charge >= 0.3 is 6.16 Å². The van der Waals surface area contributed by atoms with Crippen LogP contribution in [0.3, 0.4) is 0 Å². The molecule has 1 aliphatic rings. The van der Waals surface area contributed by atoms with E-state index in [0.717, 1.165) is 10.0 Å². The van der Waals surface area contributed by atoms with Crippen molar-refractivity contribution in [3.63, 3.8) is 0 Å². The van der Waals surface area contributed by atoms with E-state index < -0.39 is 6.16 Å². The van der Waals surface area contributed by atoms with Crippen LogP contribution in [0.1, 0.15) is 35.7 Å². The third kappa shape index (κ3) is 6.95. The van der Waals surface area contributed by atoms with Crippen LogP contribution in [0, 0.1) is 0 Å². The molecule has 32 heavy (non-hydrogen) atoms. The van der Waals surface area contributed by atoms with E-state index in [1.165, 1.54) is 0 Å². The minimum atomic E-state index is -0.780. The Morgan fingerprint density at radius 2 is 1.84 bits per heavy atom. The smallest absolute Gasteiger partial charge is 0.434 e. The molecule has 2 aromatic carbocycles. The van der Waals surface area contributed by atoms with Crippen molar-refractivity contribution in [2.45, 2.75) is 25.8 Å². The van der Waals surface area contributed by atoms with E-state index in [1.807, 2.05) is 24.3 Å². The van der Waals surface area contributed by atoms with Gasteiger partial charge < -0.3 is 19.7 Å². The van der Waals surface area contributed by atoms with Crippen LogP contribution in [0.2, 0.25) is 0 Å². The molecule has 1 fully saturated rings. The van der Waals surface area contributed by atoms with Crippen molar-refractivity contribution >= 4 is 40.0 Å². The number of likely N-dealkylation sites (tertiary alicyclic amines) is 1. The first-order chi connectivity index (χ1) is 15.4. The molecule has 0 spiro atoms. The first-order valence-corrected chi connectivity index (χ1v) is 11.2. The lowest BCUT2D eigenvalue weighted by molar-refractivity contribution is -0.127. The van der Waals surface area contributed by atoms with Crippen LogP contribution in [0.4, 0.5) is 4.79 Å². The second-order valence-corrected chi connectivity index (χ2v) is 8.19. The lowest BCUT2D eigenvalue weighted by atomic mass is 10.0. The van der Waals surface area contributed by atoms with Gasteiger partial charge in [0.2, 0.25) is 5.91 Å². The molecule has 8 heteroatoms. The third-order valence-electron chi connectivity index (χ3n) is 4.99. The lowest BCUT2D eigenvalue weighted by Gasteiger charge is -2.31. The van der Waals surface area contributed by atoms with Crippen molar-refractivity contribution in [2.24, 2.45) is 0 Å². The number of nitrogens with one attached hydrogen (secondary N) is 1. The molecule has 0 unspecified atom stereocenters. The van der Waals surface area contributed by atoms with Gasteiger partial charge in [0.25, 0.3) is 5.91 Å². The van der Waals surface area contributed by atoms with Crippen molar-refractivity contribution in [3.8, 4) is 5.75 Å². The maximum absolute atomic E-state index is 12.5. The highest BCUT2D eigenvalue weighted by Crippen LogP contribution is 2.16. The van der Waals surface area contributed by atoms with Gasteiger partial charge in [0.05, 0.1) is 6.61 Å². The summed E-state index contributed by atoms with van der Waals surface area (Å²) >= 11 is 3.42. The molecule has 168 valence electrons.